The van der Waals surface area contributed by atoms with E-state index in [-0.39, 0.29) is 42.9 Å². The van der Waals surface area contributed by atoms with Crippen molar-refractivity contribution in [2.75, 3.05) is 33.0 Å². The molecule has 0 saturated carbocycles. The molecule has 0 aliphatic carbocycles. The number of nitrogens with zero attached hydrogens (tertiary/aromatic N) is 1. The first-order valence-electron chi connectivity index (χ1n) is 16.9. The number of amides is 1. The van der Waals surface area contributed by atoms with Crippen LogP contribution in [0, 0.1) is 10.8 Å². The molecule has 0 bridgehead atoms. The van der Waals surface area contributed by atoms with E-state index in [9.17, 15) is 14.4 Å². The van der Waals surface area contributed by atoms with Gasteiger partial charge in [0.05, 0.1) is 29.7 Å². The van der Waals surface area contributed by atoms with Crippen molar-refractivity contribution >= 4 is 23.7 Å². The van der Waals surface area contributed by atoms with Crippen LogP contribution in [0.25, 0.3) is 0 Å². The summed E-state index contributed by atoms with van der Waals surface area (Å²) in [6.07, 6.45) is 2.72. The second-order valence-electron chi connectivity index (χ2n) is 12.7. The van der Waals surface area contributed by atoms with Crippen molar-refractivity contribution in [3.63, 3.8) is 0 Å². The molecule has 0 spiro atoms. The number of ether oxygens (including phenoxy) is 5. The lowest BCUT2D eigenvalue weighted by atomic mass is 9.91. The highest BCUT2D eigenvalue weighted by atomic mass is 16.7. The first-order chi connectivity index (χ1) is 22.1. The minimum absolute atomic E-state index is 0.119. The molecule has 0 radical (unpaired) electrons. The zero-order valence-corrected chi connectivity index (χ0v) is 31.0. The van der Waals surface area contributed by atoms with Crippen LogP contribution in [0.1, 0.15) is 120 Å². The van der Waals surface area contributed by atoms with Crippen molar-refractivity contribution in [2.45, 2.75) is 127 Å². The summed E-state index contributed by atoms with van der Waals surface area (Å²) in [5.74, 6) is 1.08. The zero-order valence-electron chi connectivity index (χ0n) is 31.0. The maximum Gasteiger partial charge on any atom is 0.433 e. The van der Waals surface area contributed by atoms with E-state index >= 15 is 0 Å². The number of benzene rings is 1. The van der Waals surface area contributed by atoms with Crippen molar-refractivity contribution in [3.8, 4) is 5.75 Å². The van der Waals surface area contributed by atoms with E-state index < -0.39 is 11.5 Å². The fourth-order valence-corrected chi connectivity index (χ4v) is 3.10. The molecule has 1 fully saturated rings. The van der Waals surface area contributed by atoms with Gasteiger partial charge in [-0.1, -0.05) is 51.9 Å². The van der Waals surface area contributed by atoms with Gasteiger partial charge >= 0.3 is 18.0 Å². The molecule has 1 N–H and O–H groups in total. The number of nitrogens with one attached hydrogen (secondary N) is 1. The monoisotopic (exact) mass is 666 g/mol. The Labute approximate surface area is 283 Å². The van der Waals surface area contributed by atoms with Crippen molar-refractivity contribution in [1.82, 2.24) is 5.32 Å². The minimum atomic E-state index is -0.654. The summed E-state index contributed by atoms with van der Waals surface area (Å²) in [4.78, 5) is 38.7. The second kappa shape index (κ2) is 23.2. The van der Waals surface area contributed by atoms with Crippen LogP contribution in [0.3, 0.4) is 0 Å². The Morgan fingerprint density at radius 3 is 1.96 bits per heavy atom. The van der Waals surface area contributed by atoms with Gasteiger partial charge < -0.3 is 29.0 Å². The van der Waals surface area contributed by atoms with E-state index in [2.05, 4.69) is 41.3 Å². The quantitative estimate of drug-likeness (QED) is 0.0336. The Balaban J connectivity index is 0.000000691. The van der Waals surface area contributed by atoms with Crippen molar-refractivity contribution < 1.29 is 42.9 Å². The van der Waals surface area contributed by atoms with Gasteiger partial charge in [0.2, 0.25) is 0 Å². The number of rotatable bonds is 17. The molecule has 3 atom stereocenters. The van der Waals surface area contributed by atoms with E-state index in [1.807, 2.05) is 74.4 Å². The summed E-state index contributed by atoms with van der Waals surface area (Å²) in [6, 6.07) is 8.28. The van der Waals surface area contributed by atoms with E-state index in [0.29, 0.717) is 25.6 Å². The van der Waals surface area contributed by atoms with Gasteiger partial charge in [0.15, 0.2) is 6.29 Å². The average molecular weight is 667 g/mol. The largest absolute Gasteiger partial charge is 0.465 e. The predicted octanol–water partition coefficient (Wildman–Crippen LogP) is 7.80. The topological polar surface area (TPSA) is 134 Å². The molecule has 47 heavy (non-hydrogen) atoms. The molecule has 1 aromatic rings. The lowest BCUT2D eigenvalue weighted by Gasteiger charge is -2.20. The van der Waals surface area contributed by atoms with Crippen LogP contribution < -0.4 is 10.1 Å². The third-order valence-corrected chi connectivity index (χ3v) is 7.84. The molecular formula is C36H62N2O9. The minimum Gasteiger partial charge on any atom is -0.465 e. The summed E-state index contributed by atoms with van der Waals surface area (Å²) in [6.45, 7) is 25.5. The molecule has 1 saturated heterocycles. The number of oxime groups is 1. The van der Waals surface area contributed by atoms with Crippen LogP contribution in [0.2, 0.25) is 0 Å². The molecule has 270 valence electrons. The van der Waals surface area contributed by atoms with E-state index in [1.54, 1.807) is 6.92 Å². The molecule has 11 nitrogen and oxygen atoms in total. The number of hydrogen-bond donors (Lipinski definition) is 1. The highest BCUT2D eigenvalue weighted by Gasteiger charge is 2.30. The maximum atomic E-state index is 11.6. The van der Waals surface area contributed by atoms with E-state index in [4.69, 9.17) is 23.7 Å². The predicted molar refractivity (Wildman–Crippen MR) is 185 cm³/mol. The molecule has 0 aromatic heterocycles. The maximum absolute atomic E-state index is 11.6. The van der Waals surface area contributed by atoms with Gasteiger partial charge in [-0.25, -0.2) is 4.79 Å². The Hall–Kier alpha value is -3.18. The highest BCUT2D eigenvalue weighted by Crippen LogP contribution is 2.23. The Kier molecular flexibility index (Phi) is 21.6. The molecule has 1 amide bonds. The lowest BCUT2D eigenvalue weighted by molar-refractivity contribution is -0.155. The molecule has 1 heterocycles. The fourth-order valence-electron chi connectivity index (χ4n) is 3.10. The fraction of sp³-hybridized carbons (Fsp3) is 0.722. The van der Waals surface area contributed by atoms with Gasteiger partial charge in [-0.3, -0.25) is 14.4 Å². The van der Waals surface area contributed by atoms with Crippen LogP contribution in [0.5, 0.6) is 5.75 Å². The van der Waals surface area contributed by atoms with Crippen LogP contribution in [-0.2, 0) is 33.4 Å². The number of hydrogen-bond acceptors (Lipinski definition) is 10. The van der Waals surface area contributed by atoms with Crippen LogP contribution in [-0.4, -0.2) is 69.1 Å². The van der Waals surface area contributed by atoms with Crippen LogP contribution >= 0.6 is 0 Å². The van der Waals surface area contributed by atoms with Crippen LogP contribution in [0.4, 0.5) is 4.79 Å². The standard InChI is InChI=1S/C14H22O2.C13H24N2O4.C9H16O3/c1-5-11(3)13-7-9-14(10-8-13)16-12(4)15-6-2;1-6-10(3)15-19-12(17)14-8-9-18-11(16)13(4,5)7-2;1-4-9(2,3)8(10)12-6-7-5-11-7/h7-12H,5-6H2,1-4H3;6-9H2,1-5H3,(H,14,17);7H,4-6H2,1-3H3/b;15-10+;. The smallest absolute Gasteiger partial charge is 0.433 e. The van der Waals surface area contributed by atoms with Gasteiger partial charge in [0, 0.05) is 6.61 Å². The van der Waals surface area contributed by atoms with Crippen molar-refractivity contribution in [1.29, 1.82) is 0 Å². The number of carbonyl (C=O) groups is 3. The van der Waals surface area contributed by atoms with E-state index in [1.165, 1.54) is 5.56 Å². The Bertz CT molecular complexity index is 1070. The van der Waals surface area contributed by atoms with Gasteiger partial charge in [0.1, 0.15) is 25.1 Å². The van der Waals surface area contributed by atoms with Gasteiger partial charge in [-0.2, -0.15) is 0 Å². The van der Waals surface area contributed by atoms with Gasteiger partial charge in [-0.15, -0.1) is 0 Å². The highest BCUT2D eigenvalue weighted by molar-refractivity contribution is 5.82. The number of carbonyl (C=O) groups excluding carboxylic acids is 3. The summed E-state index contributed by atoms with van der Waals surface area (Å²) >= 11 is 0. The molecule has 11 heteroatoms. The summed E-state index contributed by atoms with van der Waals surface area (Å²) in [5.41, 5.74) is 1.24. The second-order valence-corrected chi connectivity index (χ2v) is 12.7. The zero-order chi connectivity index (χ0) is 36.0. The van der Waals surface area contributed by atoms with Crippen molar-refractivity contribution in [3.05, 3.63) is 29.8 Å². The summed E-state index contributed by atoms with van der Waals surface area (Å²) in [5, 5.41) is 6.05. The SMILES string of the molecule is CC/C(C)=N/OC(=O)NCCOC(=O)C(C)(C)CC.CCC(C)(C)C(=O)OCC1CO1.CCOC(C)Oc1ccc(C(C)CC)cc1. The number of epoxide rings is 1. The molecule has 2 rings (SSSR count). The first kappa shape index (κ1) is 43.8. The lowest BCUT2D eigenvalue weighted by Crippen LogP contribution is -2.31. The third kappa shape index (κ3) is 19.9. The van der Waals surface area contributed by atoms with E-state index in [0.717, 1.165) is 37.3 Å². The number of esters is 2. The van der Waals surface area contributed by atoms with Crippen LogP contribution in [0.15, 0.2) is 29.4 Å². The molecule has 3 unspecified atom stereocenters. The van der Waals surface area contributed by atoms with Gasteiger partial charge in [0.25, 0.3) is 0 Å². The molecular weight excluding hydrogens is 604 g/mol. The molecule has 1 aromatic carbocycles. The summed E-state index contributed by atoms with van der Waals surface area (Å²) < 4.78 is 26.0. The molecule has 1 aliphatic rings. The first-order valence-corrected chi connectivity index (χ1v) is 16.9. The Morgan fingerprint density at radius 2 is 1.49 bits per heavy atom. The molecule has 1 aliphatic heterocycles. The third-order valence-electron chi connectivity index (χ3n) is 7.84. The normalized spacial score (nSPS) is 15.4. The Morgan fingerprint density at radius 1 is 0.936 bits per heavy atom. The summed E-state index contributed by atoms with van der Waals surface area (Å²) in [7, 11) is 0. The van der Waals surface area contributed by atoms with Gasteiger partial charge in [-0.05, 0) is 97.8 Å². The van der Waals surface area contributed by atoms with Crippen molar-refractivity contribution in [2.24, 2.45) is 16.0 Å². The average Bonchev–Trinajstić information content (AvgIpc) is 3.89.